The predicted octanol–water partition coefficient (Wildman–Crippen LogP) is 3.18. The molecule has 0 bridgehead atoms. The van der Waals surface area contributed by atoms with Crippen LogP contribution >= 0.6 is 0 Å². The van der Waals surface area contributed by atoms with Gasteiger partial charge in [-0.05, 0) is 31.0 Å². The van der Waals surface area contributed by atoms with Crippen LogP contribution in [0.2, 0.25) is 0 Å². The summed E-state index contributed by atoms with van der Waals surface area (Å²) >= 11 is 0. The van der Waals surface area contributed by atoms with Crippen LogP contribution in [0.5, 0.6) is 0 Å². The highest BCUT2D eigenvalue weighted by atomic mass is 32.2. The van der Waals surface area contributed by atoms with Crippen LogP contribution in [0.1, 0.15) is 36.9 Å². The van der Waals surface area contributed by atoms with E-state index < -0.39 is 22.2 Å². The molecule has 0 fully saturated rings. The Morgan fingerprint density at radius 2 is 1.65 bits per heavy atom. The average molecular weight is 333 g/mol. The highest BCUT2D eigenvalue weighted by Gasteiger charge is 2.26. The zero-order valence-electron chi connectivity index (χ0n) is 13.4. The molecule has 0 unspecified atom stereocenters. The zero-order chi connectivity index (χ0) is 16.9. The van der Waals surface area contributed by atoms with Gasteiger partial charge in [0.15, 0.2) is 0 Å². The summed E-state index contributed by atoms with van der Waals surface area (Å²) in [5.74, 6) is 0. The van der Waals surface area contributed by atoms with Gasteiger partial charge in [-0.2, -0.15) is 0 Å². The summed E-state index contributed by atoms with van der Waals surface area (Å²) < 4.78 is 27.9. The van der Waals surface area contributed by atoms with Crippen molar-refractivity contribution in [3.05, 3.63) is 65.7 Å². The molecule has 0 heterocycles. The van der Waals surface area contributed by atoms with Crippen LogP contribution in [0.3, 0.4) is 0 Å². The van der Waals surface area contributed by atoms with Gasteiger partial charge in [0.2, 0.25) is 10.0 Å². The second-order valence-electron chi connectivity index (χ2n) is 5.68. The molecule has 0 saturated carbocycles. The highest BCUT2D eigenvalue weighted by Crippen LogP contribution is 2.23. The van der Waals surface area contributed by atoms with Crippen molar-refractivity contribution in [1.29, 1.82) is 0 Å². The van der Waals surface area contributed by atoms with Gasteiger partial charge in [0.1, 0.15) is 0 Å². The summed E-state index contributed by atoms with van der Waals surface area (Å²) in [4.78, 5) is 0.202. The van der Waals surface area contributed by atoms with Crippen molar-refractivity contribution in [3.8, 4) is 0 Å². The summed E-state index contributed by atoms with van der Waals surface area (Å²) in [6.45, 7) is 3.86. The molecule has 0 spiro atoms. The quantitative estimate of drug-likeness (QED) is 0.818. The van der Waals surface area contributed by atoms with Crippen LogP contribution in [0.4, 0.5) is 0 Å². The van der Waals surface area contributed by atoms with E-state index in [9.17, 15) is 13.5 Å². The van der Waals surface area contributed by atoms with Gasteiger partial charge < -0.3 is 5.11 Å². The Balaban J connectivity index is 2.31. The molecule has 0 aromatic heterocycles. The molecule has 4 nitrogen and oxygen atoms in total. The van der Waals surface area contributed by atoms with Crippen LogP contribution in [0.15, 0.2) is 59.5 Å². The Labute approximate surface area is 138 Å². The fourth-order valence-corrected chi connectivity index (χ4v) is 3.70. The number of aryl methyl sites for hydroxylation is 1. The molecule has 0 amide bonds. The van der Waals surface area contributed by atoms with Crippen molar-refractivity contribution in [2.75, 3.05) is 0 Å². The van der Waals surface area contributed by atoms with Gasteiger partial charge in [0.25, 0.3) is 0 Å². The molecule has 2 aromatic carbocycles. The second kappa shape index (κ2) is 7.73. The first-order valence-electron chi connectivity index (χ1n) is 7.76. The minimum Gasteiger partial charge on any atom is -0.391 e. The Morgan fingerprint density at radius 1 is 1.04 bits per heavy atom. The molecule has 2 aromatic rings. The molecule has 0 saturated heterocycles. The lowest BCUT2D eigenvalue weighted by Gasteiger charge is -2.24. The summed E-state index contributed by atoms with van der Waals surface area (Å²) in [6.07, 6.45) is 0.523. The number of hydrogen-bond donors (Lipinski definition) is 2. The number of hydrogen-bond acceptors (Lipinski definition) is 3. The van der Waals surface area contributed by atoms with E-state index in [0.29, 0.717) is 6.42 Å². The van der Waals surface area contributed by atoms with E-state index in [4.69, 9.17) is 0 Å². The van der Waals surface area contributed by atoms with Crippen LogP contribution in [0.25, 0.3) is 0 Å². The van der Waals surface area contributed by atoms with Crippen molar-refractivity contribution in [3.63, 3.8) is 0 Å². The Kier molecular flexibility index (Phi) is 5.93. The van der Waals surface area contributed by atoms with E-state index in [1.165, 1.54) is 0 Å². The summed E-state index contributed by atoms with van der Waals surface area (Å²) in [5.41, 5.74) is 1.75. The molecule has 2 N–H and O–H groups in total. The van der Waals surface area contributed by atoms with Gasteiger partial charge in [-0.3, -0.25) is 0 Å². The topological polar surface area (TPSA) is 66.4 Å². The van der Waals surface area contributed by atoms with Crippen molar-refractivity contribution in [2.24, 2.45) is 0 Å². The molecular weight excluding hydrogens is 310 g/mol. The van der Waals surface area contributed by atoms with E-state index in [0.717, 1.165) is 17.5 Å². The third kappa shape index (κ3) is 4.64. The van der Waals surface area contributed by atoms with E-state index in [1.807, 2.05) is 44.2 Å². The fraction of sp³-hybridized carbons (Fsp3) is 0.333. The number of nitrogens with one attached hydrogen (secondary N) is 1. The first-order valence-corrected chi connectivity index (χ1v) is 9.24. The van der Waals surface area contributed by atoms with Crippen molar-refractivity contribution < 1.29 is 13.5 Å². The number of benzene rings is 2. The number of aliphatic hydroxyl groups excluding tert-OH is 1. The number of rotatable bonds is 7. The maximum atomic E-state index is 12.6. The van der Waals surface area contributed by atoms with Crippen LogP contribution in [0, 0.1) is 6.92 Å². The number of aliphatic hydroxyl groups is 1. The highest BCUT2D eigenvalue weighted by molar-refractivity contribution is 7.89. The summed E-state index contributed by atoms with van der Waals surface area (Å²) in [5, 5.41) is 10.4. The van der Waals surface area contributed by atoms with Gasteiger partial charge in [-0.1, -0.05) is 61.4 Å². The Morgan fingerprint density at radius 3 is 2.22 bits per heavy atom. The van der Waals surface area contributed by atoms with E-state index in [2.05, 4.69) is 4.72 Å². The third-order valence-corrected chi connectivity index (χ3v) is 5.20. The van der Waals surface area contributed by atoms with Gasteiger partial charge in [-0.25, -0.2) is 13.1 Å². The molecular formula is C18H23NO3S. The maximum Gasteiger partial charge on any atom is 0.241 e. The zero-order valence-corrected chi connectivity index (χ0v) is 14.3. The normalized spacial score (nSPS) is 14.4. The van der Waals surface area contributed by atoms with E-state index in [-0.39, 0.29) is 4.90 Å². The Hall–Kier alpha value is -1.69. The van der Waals surface area contributed by atoms with Crippen molar-refractivity contribution in [1.82, 2.24) is 4.72 Å². The Bertz CT molecular complexity index is 712. The molecule has 0 aliphatic heterocycles. The predicted molar refractivity (Wildman–Crippen MR) is 91.6 cm³/mol. The lowest BCUT2D eigenvalue weighted by atomic mass is 9.99. The molecule has 0 aliphatic carbocycles. The van der Waals surface area contributed by atoms with Crippen LogP contribution < -0.4 is 4.72 Å². The first kappa shape index (κ1) is 17.7. The SMILES string of the molecule is CCC[C@@H](O)[C@@H](NS(=O)(=O)c1ccc(C)cc1)c1ccccc1. The van der Waals surface area contributed by atoms with Gasteiger partial charge >= 0.3 is 0 Å². The average Bonchev–Trinajstić information content (AvgIpc) is 2.54. The lowest BCUT2D eigenvalue weighted by Crippen LogP contribution is -2.36. The second-order valence-corrected chi connectivity index (χ2v) is 7.39. The van der Waals surface area contributed by atoms with Crippen molar-refractivity contribution >= 4 is 10.0 Å². The fourth-order valence-electron chi connectivity index (χ4n) is 2.44. The van der Waals surface area contributed by atoms with Gasteiger partial charge in [0.05, 0.1) is 17.0 Å². The van der Waals surface area contributed by atoms with Crippen LogP contribution in [-0.4, -0.2) is 19.6 Å². The van der Waals surface area contributed by atoms with E-state index in [1.54, 1.807) is 24.3 Å². The minimum atomic E-state index is -3.70. The molecule has 124 valence electrons. The smallest absolute Gasteiger partial charge is 0.241 e. The van der Waals surface area contributed by atoms with Crippen molar-refractivity contribution in [2.45, 2.75) is 43.7 Å². The molecule has 0 aliphatic rings. The first-order chi connectivity index (χ1) is 10.9. The third-order valence-electron chi connectivity index (χ3n) is 3.74. The van der Waals surface area contributed by atoms with Gasteiger partial charge in [-0.15, -0.1) is 0 Å². The molecule has 23 heavy (non-hydrogen) atoms. The lowest BCUT2D eigenvalue weighted by molar-refractivity contribution is 0.127. The monoisotopic (exact) mass is 333 g/mol. The standard InChI is InChI=1S/C18H23NO3S/c1-3-7-17(20)18(15-8-5-4-6-9-15)19-23(21,22)16-12-10-14(2)11-13-16/h4-6,8-13,17-20H,3,7H2,1-2H3/t17-,18+/m1/s1. The summed E-state index contributed by atoms with van der Waals surface area (Å²) in [6, 6.07) is 15.2. The van der Waals surface area contributed by atoms with Crippen LogP contribution in [-0.2, 0) is 10.0 Å². The van der Waals surface area contributed by atoms with E-state index >= 15 is 0 Å². The summed E-state index contributed by atoms with van der Waals surface area (Å²) in [7, 11) is -3.70. The molecule has 2 atom stereocenters. The van der Waals surface area contributed by atoms with Gasteiger partial charge in [0, 0.05) is 0 Å². The number of sulfonamides is 1. The molecule has 5 heteroatoms. The largest absolute Gasteiger partial charge is 0.391 e. The maximum absolute atomic E-state index is 12.6. The minimum absolute atomic E-state index is 0.202. The molecule has 2 rings (SSSR count). The molecule has 0 radical (unpaired) electrons.